The van der Waals surface area contributed by atoms with Crippen molar-refractivity contribution in [2.24, 2.45) is 5.73 Å². The van der Waals surface area contributed by atoms with Gasteiger partial charge in [0.25, 0.3) is 17.7 Å². The van der Waals surface area contributed by atoms with Crippen LogP contribution in [0.25, 0.3) is 0 Å². The first-order chi connectivity index (χ1) is 15.8. The second-order valence-corrected chi connectivity index (χ2v) is 7.77. The van der Waals surface area contributed by atoms with Gasteiger partial charge in [-0.3, -0.25) is 24.1 Å². The Kier molecular flexibility index (Phi) is 7.44. The average molecular weight is 453 g/mol. The van der Waals surface area contributed by atoms with Gasteiger partial charge in [-0.1, -0.05) is 18.2 Å². The normalized spacial score (nSPS) is 13.6. The van der Waals surface area contributed by atoms with Crippen LogP contribution < -0.4 is 10.5 Å². The summed E-state index contributed by atoms with van der Waals surface area (Å²) in [5, 5.41) is 0. The first-order valence-electron chi connectivity index (χ1n) is 10.5. The molecule has 0 fully saturated rings. The number of primary amides is 1. The fourth-order valence-corrected chi connectivity index (χ4v) is 3.91. The number of amides is 4. The molecular formula is C24H27N3O6. The van der Waals surface area contributed by atoms with Crippen molar-refractivity contribution in [1.82, 2.24) is 9.80 Å². The third-order valence-electron chi connectivity index (χ3n) is 5.57. The molecule has 0 aliphatic carbocycles. The van der Waals surface area contributed by atoms with Gasteiger partial charge in [0.2, 0.25) is 5.91 Å². The number of ether oxygens (including phenoxy) is 2. The zero-order valence-electron chi connectivity index (χ0n) is 18.9. The van der Waals surface area contributed by atoms with Crippen LogP contribution in [-0.2, 0) is 16.1 Å². The number of benzene rings is 2. The van der Waals surface area contributed by atoms with Crippen molar-refractivity contribution in [3.63, 3.8) is 0 Å². The van der Waals surface area contributed by atoms with Crippen LogP contribution in [0.3, 0.4) is 0 Å². The molecule has 0 radical (unpaired) electrons. The SMILES string of the molecule is COCCCC(C(N)=O)N1C(=O)c2cccc(CN(C)C(=O)c3cccc(OC)c3)c2C1=O. The maximum Gasteiger partial charge on any atom is 0.262 e. The first-order valence-corrected chi connectivity index (χ1v) is 10.5. The lowest BCUT2D eigenvalue weighted by molar-refractivity contribution is -0.122. The van der Waals surface area contributed by atoms with E-state index in [-0.39, 0.29) is 30.0 Å². The van der Waals surface area contributed by atoms with Crippen molar-refractivity contribution < 1.29 is 28.7 Å². The topological polar surface area (TPSA) is 119 Å². The molecule has 9 nitrogen and oxygen atoms in total. The Balaban J connectivity index is 1.86. The Hall–Kier alpha value is -3.72. The number of rotatable bonds is 10. The van der Waals surface area contributed by atoms with Crippen molar-refractivity contribution in [3.05, 3.63) is 64.7 Å². The lowest BCUT2D eigenvalue weighted by Gasteiger charge is -2.23. The summed E-state index contributed by atoms with van der Waals surface area (Å²) in [5.74, 6) is -1.63. The van der Waals surface area contributed by atoms with Crippen LogP contribution in [0.1, 0.15) is 49.5 Å². The molecule has 2 aromatic carbocycles. The minimum atomic E-state index is -1.07. The fourth-order valence-electron chi connectivity index (χ4n) is 3.91. The van der Waals surface area contributed by atoms with E-state index in [2.05, 4.69) is 0 Å². The van der Waals surface area contributed by atoms with E-state index in [1.807, 2.05) is 0 Å². The lowest BCUT2D eigenvalue weighted by Crippen LogP contribution is -2.48. The van der Waals surface area contributed by atoms with Gasteiger partial charge in [-0.25, -0.2) is 0 Å². The third kappa shape index (κ3) is 4.88. The van der Waals surface area contributed by atoms with Crippen LogP contribution in [-0.4, -0.2) is 67.3 Å². The molecule has 1 aliphatic rings. The van der Waals surface area contributed by atoms with Crippen molar-refractivity contribution in [2.45, 2.75) is 25.4 Å². The van der Waals surface area contributed by atoms with Gasteiger partial charge in [0, 0.05) is 32.9 Å². The van der Waals surface area contributed by atoms with Gasteiger partial charge in [-0.15, -0.1) is 0 Å². The molecule has 1 unspecified atom stereocenters. The van der Waals surface area contributed by atoms with Gasteiger partial charge in [-0.2, -0.15) is 0 Å². The van der Waals surface area contributed by atoms with Crippen LogP contribution in [0.15, 0.2) is 42.5 Å². The molecule has 4 amide bonds. The Morgan fingerprint density at radius 2 is 1.82 bits per heavy atom. The third-order valence-corrected chi connectivity index (χ3v) is 5.57. The number of hydrogen-bond donors (Lipinski definition) is 1. The maximum absolute atomic E-state index is 13.3. The summed E-state index contributed by atoms with van der Waals surface area (Å²) < 4.78 is 10.2. The Morgan fingerprint density at radius 1 is 1.09 bits per heavy atom. The second kappa shape index (κ2) is 10.3. The summed E-state index contributed by atoms with van der Waals surface area (Å²) in [6.07, 6.45) is 0.667. The second-order valence-electron chi connectivity index (χ2n) is 7.77. The van der Waals surface area contributed by atoms with E-state index in [1.165, 1.54) is 25.2 Å². The number of carbonyl (C=O) groups is 4. The Labute approximate surface area is 192 Å². The molecule has 2 aromatic rings. The van der Waals surface area contributed by atoms with Gasteiger partial charge >= 0.3 is 0 Å². The van der Waals surface area contributed by atoms with E-state index in [0.717, 1.165) is 4.90 Å². The predicted octanol–water partition coefficient (Wildman–Crippen LogP) is 1.84. The van der Waals surface area contributed by atoms with E-state index in [0.29, 0.717) is 29.9 Å². The molecule has 33 heavy (non-hydrogen) atoms. The highest BCUT2D eigenvalue weighted by Gasteiger charge is 2.43. The highest BCUT2D eigenvalue weighted by Crippen LogP contribution is 2.30. The molecule has 0 bridgehead atoms. The van der Waals surface area contributed by atoms with Crippen LogP contribution in [0.4, 0.5) is 0 Å². The van der Waals surface area contributed by atoms with E-state index in [1.54, 1.807) is 43.4 Å². The minimum Gasteiger partial charge on any atom is -0.497 e. The average Bonchev–Trinajstić information content (AvgIpc) is 3.06. The minimum absolute atomic E-state index is 0.0942. The van der Waals surface area contributed by atoms with Gasteiger partial charge in [0.15, 0.2) is 0 Å². The number of imide groups is 1. The largest absolute Gasteiger partial charge is 0.497 e. The van der Waals surface area contributed by atoms with Gasteiger partial charge in [0.1, 0.15) is 11.8 Å². The molecule has 0 saturated heterocycles. The monoisotopic (exact) mass is 453 g/mol. The zero-order valence-corrected chi connectivity index (χ0v) is 18.9. The molecule has 1 atom stereocenters. The zero-order chi connectivity index (χ0) is 24.1. The van der Waals surface area contributed by atoms with Crippen molar-refractivity contribution in [3.8, 4) is 5.75 Å². The van der Waals surface area contributed by atoms with Crippen molar-refractivity contribution >= 4 is 23.6 Å². The lowest BCUT2D eigenvalue weighted by atomic mass is 10.0. The molecule has 2 N–H and O–H groups in total. The quantitative estimate of drug-likeness (QED) is 0.433. The van der Waals surface area contributed by atoms with Gasteiger partial charge in [-0.05, 0) is 42.7 Å². The number of hydrogen-bond acceptors (Lipinski definition) is 6. The summed E-state index contributed by atoms with van der Waals surface area (Å²) in [6.45, 7) is 0.465. The summed E-state index contributed by atoms with van der Waals surface area (Å²) in [6, 6.07) is 10.6. The Bertz CT molecular complexity index is 1080. The van der Waals surface area contributed by atoms with Crippen LogP contribution in [0.5, 0.6) is 5.75 Å². The molecule has 0 aromatic heterocycles. The fraction of sp³-hybridized carbons (Fsp3) is 0.333. The Morgan fingerprint density at radius 3 is 2.48 bits per heavy atom. The van der Waals surface area contributed by atoms with Crippen molar-refractivity contribution in [2.75, 3.05) is 27.9 Å². The number of carbonyl (C=O) groups excluding carboxylic acids is 4. The molecular weight excluding hydrogens is 426 g/mol. The van der Waals surface area contributed by atoms with Gasteiger partial charge in [0.05, 0.1) is 18.2 Å². The van der Waals surface area contributed by atoms with E-state index in [9.17, 15) is 19.2 Å². The summed E-state index contributed by atoms with van der Waals surface area (Å²) in [7, 11) is 4.65. The van der Waals surface area contributed by atoms with Crippen LogP contribution in [0.2, 0.25) is 0 Å². The number of methoxy groups -OCH3 is 2. The molecule has 1 aliphatic heterocycles. The summed E-state index contributed by atoms with van der Waals surface area (Å²) in [4.78, 5) is 53.6. The molecule has 1 heterocycles. The number of nitrogens with zero attached hydrogens (tertiary/aromatic N) is 2. The highest BCUT2D eigenvalue weighted by atomic mass is 16.5. The molecule has 0 spiro atoms. The van der Waals surface area contributed by atoms with E-state index < -0.39 is 23.8 Å². The molecule has 0 saturated carbocycles. The van der Waals surface area contributed by atoms with Crippen LogP contribution >= 0.6 is 0 Å². The van der Waals surface area contributed by atoms with E-state index >= 15 is 0 Å². The van der Waals surface area contributed by atoms with Crippen LogP contribution in [0, 0.1) is 0 Å². The predicted molar refractivity (Wildman–Crippen MR) is 120 cm³/mol. The summed E-state index contributed by atoms with van der Waals surface area (Å²) in [5.41, 5.74) is 6.83. The molecule has 9 heteroatoms. The van der Waals surface area contributed by atoms with E-state index in [4.69, 9.17) is 15.2 Å². The molecule has 3 rings (SSSR count). The highest BCUT2D eigenvalue weighted by molar-refractivity contribution is 6.23. The maximum atomic E-state index is 13.3. The smallest absolute Gasteiger partial charge is 0.262 e. The first kappa shape index (κ1) is 23.9. The number of fused-ring (bicyclic) bond motifs is 1. The molecule has 174 valence electrons. The summed E-state index contributed by atoms with van der Waals surface area (Å²) >= 11 is 0. The van der Waals surface area contributed by atoms with Crippen molar-refractivity contribution in [1.29, 1.82) is 0 Å². The standard InChI is InChI=1S/C24H27N3O6/c1-26(22(29)15-7-4-9-17(13-15)33-3)14-16-8-5-10-18-20(16)24(31)27(23(18)30)19(21(25)28)11-6-12-32-2/h4-5,7-10,13,19H,6,11-12,14H2,1-3H3,(H2,25,28). The number of nitrogens with two attached hydrogens (primary N) is 1. The van der Waals surface area contributed by atoms with Gasteiger partial charge < -0.3 is 20.1 Å².